The summed E-state index contributed by atoms with van der Waals surface area (Å²) in [4.78, 5) is 14.3. The van der Waals surface area contributed by atoms with E-state index in [0.717, 1.165) is 13.0 Å². The van der Waals surface area contributed by atoms with E-state index >= 15 is 0 Å². The largest absolute Gasteiger partial charge is 0.337 e. The van der Waals surface area contributed by atoms with Gasteiger partial charge in [-0.2, -0.15) is 0 Å². The van der Waals surface area contributed by atoms with Gasteiger partial charge in [0.25, 0.3) is 0 Å². The maximum Gasteiger partial charge on any atom is 0.231 e. The molecule has 1 unspecified atom stereocenters. The molecule has 96 valence electrons. The Labute approximate surface area is 117 Å². The van der Waals surface area contributed by atoms with Gasteiger partial charge < -0.3 is 4.90 Å². The Bertz CT molecular complexity index is 514. The van der Waals surface area contributed by atoms with Gasteiger partial charge in [-0.3, -0.25) is 4.79 Å². The standard InChI is InChI=1S/C14H15Cl2NO/c1-13(9-14(13,15)16)12(18)17-7-6-10-4-2-3-5-11(10)8-17/h2-5H,6-9H2,1H3. The van der Waals surface area contributed by atoms with E-state index in [1.165, 1.54) is 11.1 Å². The summed E-state index contributed by atoms with van der Waals surface area (Å²) in [5.41, 5.74) is 1.98. The van der Waals surface area contributed by atoms with Gasteiger partial charge in [-0.15, -0.1) is 23.2 Å². The Hall–Kier alpha value is -0.730. The van der Waals surface area contributed by atoms with Gasteiger partial charge in [0.2, 0.25) is 5.91 Å². The van der Waals surface area contributed by atoms with Crippen molar-refractivity contribution in [1.29, 1.82) is 0 Å². The van der Waals surface area contributed by atoms with Gasteiger partial charge in [-0.05, 0) is 30.9 Å². The third-order valence-corrected chi connectivity index (χ3v) is 5.25. The van der Waals surface area contributed by atoms with Crippen molar-refractivity contribution < 1.29 is 4.79 Å². The smallest absolute Gasteiger partial charge is 0.231 e. The molecule has 1 amide bonds. The minimum absolute atomic E-state index is 0.0852. The number of amides is 1. The molecule has 1 aliphatic heterocycles. The molecule has 1 aliphatic carbocycles. The highest BCUT2D eigenvalue weighted by Crippen LogP contribution is 2.64. The molecule has 1 saturated carbocycles. The van der Waals surface area contributed by atoms with Crippen molar-refractivity contribution in [2.75, 3.05) is 6.54 Å². The average molecular weight is 284 g/mol. The van der Waals surface area contributed by atoms with Crippen LogP contribution >= 0.6 is 23.2 Å². The number of alkyl halides is 2. The van der Waals surface area contributed by atoms with Gasteiger partial charge in [0.05, 0.1) is 5.41 Å². The monoisotopic (exact) mass is 283 g/mol. The Morgan fingerprint density at radius 2 is 1.89 bits per heavy atom. The zero-order chi connectivity index (χ0) is 13.0. The van der Waals surface area contributed by atoms with E-state index in [1.54, 1.807) is 0 Å². The van der Waals surface area contributed by atoms with E-state index in [2.05, 4.69) is 12.1 Å². The predicted molar refractivity (Wildman–Crippen MR) is 72.7 cm³/mol. The number of rotatable bonds is 1. The third kappa shape index (κ3) is 1.74. The molecule has 1 fully saturated rings. The Morgan fingerprint density at radius 3 is 2.50 bits per heavy atom. The summed E-state index contributed by atoms with van der Waals surface area (Å²) in [5, 5.41) is 0. The topological polar surface area (TPSA) is 20.3 Å². The summed E-state index contributed by atoms with van der Waals surface area (Å²) in [6.07, 6.45) is 1.47. The van der Waals surface area contributed by atoms with Crippen LogP contribution in [0.1, 0.15) is 24.5 Å². The number of nitrogens with zero attached hydrogens (tertiary/aromatic N) is 1. The zero-order valence-corrected chi connectivity index (χ0v) is 11.8. The first-order valence-electron chi connectivity index (χ1n) is 6.18. The lowest BCUT2D eigenvalue weighted by Crippen LogP contribution is -2.41. The molecule has 0 N–H and O–H groups in total. The van der Waals surface area contributed by atoms with Gasteiger partial charge in [0, 0.05) is 13.1 Å². The Balaban J connectivity index is 1.79. The molecule has 0 radical (unpaired) electrons. The SMILES string of the molecule is CC1(C(=O)N2CCc3ccccc3C2)CC1(Cl)Cl. The summed E-state index contributed by atoms with van der Waals surface area (Å²) in [6, 6.07) is 8.27. The number of carbonyl (C=O) groups is 1. The molecule has 4 heteroatoms. The summed E-state index contributed by atoms with van der Waals surface area (Å²) in [5.74, 6) is 0.0852. The molecule has 0 saturated heterocycles. The van der Waals surface area contributed by atoms with Crippen LogP contribution in [0.4, 0.5) is 0 Å². The lowest BCUT2D eigenvalue weighted by Gasteiger charge is -2.31. The van der Waals surface area contributed by atoms with Gasteiger partial charge in [-0.25, -0.2) is 0 Å². The first-order chi connectivity index (χ1) is 8.44. The van der Waals surface area contributed by atoms with Crippen LogP contribution in [0.25, 0.3) is 0 Å². The van der Waals surface area contributed by atoms with Gasteiger partial charge in [-0.1, -0.05) is 24.3 Å². The minimum atomic E-state index is -0.874. The molecule has 0 aromatic heterocycles. The van der Waals surface area contributed by atoms with Crippen LogP contribution in [0.15, 0.2) is 24.3 Å². The molecule has 1 heterocycles. The van der Waals surface area contributed by atoms with Crippen LogP contribution in [0.2, 0.25) is 0 Å². The third-order valence-electron chi connectivity index (χ3n) is 4.15. The van der Waals surface area contributed by atoms with Crippen LogP contribution in [-0.2, 0) is 17.8 Å². The highest BCUT2D eigenvalue weighted by atomic mass is 35.5. The molecule has 1 aromatic rings. The summed E-state index contributed by atoms with van der Waals surface area (Å²) in [7, 11) is 0. The zero-order valence-electron chi connectivity index (χ0n) is 10.2. The van der Waals surface area contributed by atoms with Gasteiger partial charge >= 0.3 is 0 Å². The minimum Gasteiger partial charge on any atom is -0.337 e. The second-order valence-electron chi connectivity index (χ2n) is 5.46. The highest BCUT2D eigenvalue weighted by Gasteiger charge is 2.68. The number of carbonyl (C=O) groups excluding carboxylic acids is 1. The molecule has 0 spiro atoms. The molecule has 1 aromatic carbocycles. The molecular weight excluding hydrogens is 269 g/mol. The highest BCUT2D eigenvalue weighted by molar-refractivity contribution is 6.53. The van der Waals surface area contributed by atoms with Crippen LogP contribution in [0.3, 0.4) is 0 Å². The van der Waals surface area contributed by atoms with E-state index in [1.807, 2.05) is 24.0 Å². The van der Waals surface area contributed by atoms with Crippen molar-refractivity contribution in [2.45, 2.75) is 30.6 Å². The Morgan fingerprint density at radius 1 is 1.28 bits per heavy atom. The van der Waals surface area contributed by atoms with Crippen LogP contribution in [0.5, 0.6) is 0 Å². The fourth-order valence-electron chi connectivity index (χ4n) is 2.65. The van der Waals surface area contributed by atoms with E-state index in [0.29, 0.717) is 13.0 Å². The summed E-state index contributed by atoms with van der Waals surface area (Å²) in [6.45, 7) is 3.29. The molecule has 18 heavy (non-hydrogen) atoms. The first kappa shape index (κ1) is 12.3. The Kier molecular flexibility index (Phi) is 2.65. The maximum absolute atomic E-state index is 12.5. The van der Waals surface area contributed by atoms with E-state index in [9.17, 15) is 4.79 Å². The summed E-state index contributed by atoms with van der Waals surface area (Å²) >= 11 is 12.2. The van der Waals surface area contributed by atoms with Crippen LogP contribution in [0, 0.1) is 5.41 Å². The van der Waals surface area contributed by atoms with Gasteiger partial charge in [0.15, 0.2) is 0 Å². The fraction of sp³-hybridized carbons (Fsp3) is 0.500. The van der Waals surface area contributed by atoms with Crippen LogP contribution < -0.4 is 0 Å². The van der Waals surface area contributed by atoms with Crippen molar-refractivity contribution in [3.05, 3.63) is 35.4 Å². The molecule has 2 aliphatic rings. The molecular formula is C14H15Cl2NO. The van der Waals surface area contributed by atoms with E-state index in [4.69, 9.17) is 23.2 Å². The number of halogens is 2. The second-order valence-corrected chi connectivity index (χ2v) is 6.94. The quantitative estimate of drug-likeness (QED) is 0.725. The van der Waals surface area contributed by atoms with E-state index in [-0.39, 0.29) is 5.91 Å². The molecule has 2 nitrogen and oxygen atoms in total. The lowest BCUT2D eigenvalue weighted by atomic mass is 9.98. The van der Waals surface area contributed by atoms with Crippen molar-refractivity contribution in [1.82, 2.24) is 4.90 Å². The molecule has 0 bridgehead atoms. The first-order valence-corrected chi connectivity index (χ1v) is 6.94. The van der Waals surface area contributed by atoms with Crippen molar-refractivity contribution in [3.8, 4) is 0 Å². The average Bonchev–Trinajstić information content (AvgIpc) is 2.88. The number of fused-ring (bicyclic) bond motifs is 1. The van der Waals surface area contributed by atoms with Crippen molar-refractivity contribution >= 4 is 29.1 Å². The number of benzene rings is 1. The molecule has 3 rings (SSSR count). The fourth-order valence-corrected chi connectivity index (χ4v) is 3.35. The van der Waals surface area contributed by atoms with Gasteiger partial charge in [0.1, 0.15) is 4.33 Å². The van der Waals surface area contributed by atoms with Crippen molar-refractivity contribution in [3.63, 3.8) is 0 Å². The number of hydrogen-bond acceptors (Lipinski definition) is 1. The predicted octanol–water partition coefficient (Wildman–Crippen LogP) is 3.16. The number of hydrogen-bond donors (Lipinski definition) is 0. The molecule has 1 atom stereocenters. The lowest BCUT2D eigenvalue weighted by molar-refractivity contribution is -0.137. The van der Waals surface area contributed by atoms with E-state index < -0.39 is 9.75 Å². The maximum atomic E-state index is 12.5. The van der Waals surface area contributed by atoms with Crippen molar-refractivity contribution in [2.24, 2.45) is 5.41 Å². The second kappa shape index (κ2) is 3.88. The summed E-state index contributed by atoms with van der Waals surface area (Å²) < 4.78 is -0.874. The normalized spacial score (nSPS) is 28.7. The van der Waals surface area contributed by atoms with Crippen LogP contribution in [-0.4, -0.2) is 21.7 Å².